The second-order valence-corrected chi connectivity index (χ2v) is 9.10. The molecule has 7 nitrogen and oxygen atoms in total. The first-order chi connectivity index (χ1) is 17.6. The maximum Gasteiger partial charge on any atom is 0.273 e. The second kappa shape index (κ2) is 10.8. The number of pyridine rings is 1. The summed E-state index contributed by atoms with van der Waals surface area (Å²) in [5, 5.41) is 3.09. The van der Waals surface area contributed by atoms with Crippen LogP contribution in [-0.2, 0) is 11.3 Å². The van der Waals surface area contributed by atoms with E-state index >= 15 is 4.39 Å². The lowest BCUT2D eigenvalue weighted by molar-refractivity contribution is -0.127. The molecule has 1 aliphatic carbocycles. The van der Waals surface area contributed by atoms with Gasteiger partial charge in [-0.05, 0) is 48.7 Å². The van der Waals surface area contributed by atoms with E-state index in [1.807, 2.05) is 6.07 Å². The van der Waals surface area contributed by atoms with Crippen LogP contribution in [0.3, 0.4) is 0 Å². The lowest BCUT2D eigenvalue weighted by atomic mass is 9.94. The Labute approximate surface area is 209 Å². The van der Waals surface area contributed by atoms with E-state index in [-0.39, 0.29) is 30.6 Å². The Morgan fingerprint density at radius 3 is 2.56 bits per heavy atom. The van der Waals surface area contributed by atoms with E-state index in [2.05, 4.69) is 10.3 Å². The summed E-state index contributed by atoms with van der Waals surface area (Å²) < 4.78 is 26.1. The number of aromatic nitrogens is 1. The molecule has 2 aromatic carbocycles. The third-order valence-electron chi connectivity index (χ3n) is 6.65. The summed E-state index contributed by atoms with van der Waals surface area (Å²) in [6.45, 7) is 0.167. The monoisotopic (exact) mass is 489 g/mol. The maximum atomic E-state index is 15.2. The van der Waals surface area contributed by atoms with E-state index < -0.39 is 23.7 Å². The van der Waals surface area contributed by atoms with Crippen molar-refractivity contribution in [1.82, 2.24) is 15.2 Å². The van der Waals surface area contributed by atoms with Crippen LogP contribution in [0.2, 0.25) is 0 Å². The molecule has 1 aromatic heterocycles. The first-order valence-corrected chi connectivity index (χ1v) is 12.3. The minimum absolute atomic E-state index is 0.00197. The molecule has 0 spiro atoms. The van der Waals surface area contributed by atoms with Crippen molar-refractivity contribution in [3.05, 3.63) is 89.5 Å². The van der Waals surface area contributed by atoms with E-state index in [0.29, 0.717) is 11.5 Å². The van der Waals surface area contributed by atoms with Crippen molar-refractivity contribution in [3.63, 3.8) is 0 Å². The molecule has 0 bridgehead atoms. The number of nitrogens with one attached hydrogen (secondary N) is 1. The van der Waals surface area contributed by atoms with Gasteiger partial charge in [-0.2, -0.15) is 0 Å². The lowest BCUT2D eigenvalue weighted by Gasteiger charge is -2.33. The van der Waals surface area contributed by atoms with Gasteiger partial charge in [-0.3, -0.25) is 14.6 Å². The van der Waals surface area contributed by atoms with Gasteiger partial charge in [0.15, 0.2) is 11.5 Å². The van der Waals surface area contributed by atoms with Crippen LogP contribution in [0.15, 0.2) is 66.9 Å². The summed E-state index contributed by atoms with van der Waals surface area (Å²) in [5.74, 6) is -0.253. The Morgan fingerprint density at radius 1 is 1.00 bits per heavy atom. The number of rotatable bonds is 7. The van der Waals surface area contributed by atoms with Crippen LogP contribution >= 0.6 is 0 Å². The molecule has 1 aliphatic heterocycles. The molecule has 5 rings (SSSR count). The van der Waals surface area contributed by atoms with Crippen LogP contribution < -0.4 is 14.8 Å². The summed E-state index contributed by atoms with van der Waals surface area (Å²) >= 11 is 0. The molecule has 1 fully saturated rings. The van der Waals surface area contributed by atoms with Crippen LogP contribution in [0.25, 0.3) is 0 Å². The number of benzene rings is 2. The first-order valence-electron chi connectivity index (χ1n) is 12.3. The van der Waals surface area contributed by atoms with Crippen molar-refractivity contribution in [2.45, 2.75) is 50.7 Å². The molecular weight excluding hydrogens is 461 g/mol. The first kappa shape index (κ1) is 23.8. The highest BCUT2D eigenvalue weighted by Crippen LogP contribution is 2.34. The van der Waals surface area contributed by atoms with Crippen molar-refractivity contribution in [2.75, 3.05) is 6.79 Å². The Hall–Kier alpha value is -3.94. The van der Waals surface area contributed by atoms with Gasteiger partial charge in [-0.15, -0.1) is 0 Å². The lowest BCUT2D eigenvalue weighted by Crippen LogP contribution is -2.47. The fourth-order valence-corrected chi connectivity index (χ4v) is 4.83. The quantitative estimate of drug-likeness (QED) is 0.517. The molecule has 1 N–H and O–H groups in total. The van der Waals surface area contributed by atoms with Gasteiger partial charge in [0.2, 0.25) is 12.7 Å². The van der Waals surface area contributed by atoms with Gasteiger partial charge < -0.3 is 19.7 Å². The van der Waals surface area contributed by atoms with Crippen molar-refractivity contribution in [2.24, 2.45) is 0 Å². The fourth-order valence-electron chi connectivity index (χ4n) is 4.83. The largest absolute Gasteiger partial charge is 0.454 e. The number of carbonyl (C=O) groups excluding carboxylic acids is 2. The molecule has 0 radical (unpaired) electrons. The summed E-state index contributed by atoms with van der Waals surface area (Å²) in [7, 11) is 0. The van der Waals surface area contributed by atoms with E-state index in [0.717, 1.165) is 37.7 Å². The molecule has 2 heterocycles. The number of hydrogen-bond acceptors (Lipinski definition) is 5. The van der Waals surface area contributed by atoms with Crippen molar-refractivity contribution in [3.8, 4) is 11.5 Å². The zero-order valence-electron chi connectivity index (χ0n) is 19.9. The minimum atomic E-state index is -1.19. The number of nitrogens with zero attached hydrogens (tertiary/aromatic N) is 2. The Morgan fingerprint density at radius 2 is 1.78 bits per heavy atom. The molecule has 2 aliphatic rings. The molecule has 186 valence electrons. The standard InChI is InChI=1S/C28H28FN3O4/c29-22-11-5-4-10-21(22)26(27(33)31-20-8-2-1-3-9-20)32(28(34)23-12-6-7-15-30-23)17-19-13-14-24-25(16-19)36-18-35-24/h4-7,10-16,20,26H,1-3,8-9,17-18H2,(H,31,33). The van der Waals surface area contributed by atoms with Crippen LogP contribution in [0.5, 0.6) is 11.5 Å². The molecule has 0 saturated heterocycles. The average molecular weight is 490 g/mol. The fraction of sp³-hybridized carbons (Fsp3) is 0.321. The molecule has 1 saturated carbocycles. The van der Waals surface area contributed by atoms with Crippen LogP contribution in [0.1, 0.15) is 59.8 Å². The molecule has 3 aromatic rings. The van der Waals surface area contributed by atoms with Crippen molar-refractivity contribution >= 4 is 11.8 Å². The Kier molecular flexibility index (Phi) is 7.11. The molecule has 1 atom stereocenters. The number of ether oxygens (including phenoxy) is 2. The number of carbonyl (C=O) groups is 2. The average Bonchev–Trinajstić information content (AvgIpc) is 3.38. The van der Waals surface area contributed by atoms with E-state index in [1.54, 1.807) is 48.5 Å². The van der Waals surface area contributed by atoms with Crippen LogP contribution in [-0.4, -0.2) is 34.5 Å². The second-order valence-electron chi connectivity index (χ2n) is 9.10. The number of fused-ring (bicyclic) bond motifs is 1. The highest BCUT2D eigenvalue weighted by molar-refractivity contribution is 5.96. The highest BCUT2D eigenvalue weighted by Gasteiger charge is 2.35. The van der Waals surface area contributed by atoms with Gasteiger partial charge in [0, 0.05) is 24.3 Å². The summed E-state index contributed by atoms with van der Waals surface area (Å²) in [6.07, 6.45) is 6.45. The number of hydrogen-bond donors (Lipinski definition) is 1. The van der Waals surface area contributed by atoms with E-state index in [9.17, 15) is 9.59 Å². The topological polar surface area (TPSA) is 80.8 Å². The number of amides is 2. The predicted molar refractivity (Wildman–Crippen MR) is 131 cm³/mol. The molecule has 8 heteroatoms. The van der Waals surface area contributed by atoms with Gasteiger partial charge in [-0.1, -0.05) is 49.6 Å². The zero-order valence-corrected chi connectivity index (χ0v) is 19.9. The normalized spacial score (nSPS) is 15.8. The summed E-state index contributed by atoms with van der Waals surface area (Å²) in [5.41, 5.74) is 1.02. The van der Waals surface area contributed by atoms with Crippen molar-refractivity contribution in [1.29, 1.82) is 0 Å². The third-order valence-corrected chi connectivity index (χ3v) is 6.65. The number of halogens is 1. The smallest absolute Gasteiger partial charge is 0.273 e. The van der Waals surface area contributed by atoms with Crippen LogP contribution in [0.4, 0.5) is 4.39 Å². The zero-order chi connectivity index (χ0) is 24.9. The Balaban J connectivity index is 1.55. The third kappa shape index (κ3) is 5.17. The van der Waals surface area contributed by atoms with E-state index in [1.165, 1.54) is 17.2 Å². The summed E-state index contributed by atoms with van der Waals surface area (Å²) in [4.78, 5) is 33.2. The van der Waals surface area contributed by atoms with Crippen LogP contribution in [0, 0.1) is 5.82 Å². The molecule has 36 heavy (non-hydrogen) atoms. The molecular formula is C28H28FN3O4. The minimum Gasteiger partial charge on any atom is -0.454 e. The molecule has 2 amide bonds. The van der Waals surface area contributed by atoms with Crippen molar-refractivity contribution < 1.29 is 23.5 Å². The molecule has 1 unspecified atom stereocenters. The van der Waals surface area contributed by atoms with Gasteiger partial charge in [0.1, 0.15) is 17.6 Å². The van der Waals surface area contributed by atoms with Gasteiger partial charge >= 0.3 is 0 Å². The van der Waals surface area contributed by atoms with Gasteiger partial charge in [-0.25, -0.2) is 4.39 Å². The summed E-state index contributed by atoms with van der Waals surface area (Å²) in [6, 6.07) is 15.3. The Bertz CT molecular complexity index is 1230. The predicted octanol–water partition coefficient (Wildman–Crippen LogP) is 4.78. The van der Waals surface area contributed by atoms with E-state index in [4.69, 9.17) is 9.47 Å². The van der Waals surface area contributed by atoms with Gasteiger partial charge in [0.05, 0.1) is 0 Å². The SMILES string of the molecule is O=C(NC1CCCCC1)C(c1ccccc1F)N(Cc1ccc2c(c1)OCO2)C(=O)c1ccccn1. The highest BCUT2D eigenvalue weighted by atomic mass is 19.1. The van der Waals surface area contributed by atoms with Gasteiger partial charge in [0.25, 0.3) is 5.91 Å². The maximum absolute atomic E-state index is 15.2.